The second-order valence-corrected chi connectivity index (χ2v) is 6.52. The van der Waals surface area contributed by atoms with Crippen molar-refractivity contribution in [2.75, 3.05) is 4.72 Å². The van der Waals surface area contributed by atoms with Crippen LogP contribution in [0, 0.1) is 12.7 Å². The van der Waals surface area contributed by atoms with Gasteiger partial charge in [-0.1, -0.05) is 29.8 Å². The summed E-state index contributed by atoms with van der Waals surface area (Å²) in [7, 11) is -4.11. The molecule has 2 N–H and O–H groups in total. The predicted molar refractivity (Wildman–Crippen MR) is 79.3 cm³/mol. The smallest absolute Gasteiger partial charge is 0.264 e. The third kappa shape index (κ3) is 3.34. The van der Waals surface area contributed by atoms with Gasteiger partial charge in [-0.05, 0) is 36.2 Å². The third-order valence-electron chi connectivity index (χ3n) is 2.93. The summed E-state index contributed by atoms with van der Waals surface area (Å²) < 4.78 is 40.7. The number of sulfonamides is 1. The van der Waals surface area contributed by atoms with E-state index in [1.165, 1.54) is 12.1 Å². The molecule has 0 atom stereocenters. The van der Waals surface area contributed by atoms with E-state index in [9.17, 15) is 12.8 Å². The molecule has 0 heterocycles. The number of rotatable bonds is 4. The molecule has 0 aliphatic heterocycles. The van der Waals surface area contributed by atoms with E-state index in [0.717, 1.165) is 12.1 Å². The molecular formula is C14H13ClFNO3S. The summed E-state index contributed by atoms with van der Waals surface area (Å²) in [6, 6.07) is 8.35. The van der Waals surface area contributed by atoms with Gasteiger partial charge in [0.25, 0.3) is 10.0 Å². The molecule has 112 valence electrons. The second kappa shape index (κ2) is 6.01. The van der Waals surface area contributed by atoms with E-state index < -0.39 is 20.7 Å². The van der Waals surface area contributed by atoms with Crippen LogP contribution in [0.5, 0.6) is 0 Å². The van der Waals surface area contributed by atoms with Crippen LogP contribution in [0.2, 0.25) is 5.02 Å². The van der Waals surface area contributed by atoms with Gasteiger partial charge in [0.15, 0.2) is 0 Å². The zero-order chi connectivity index (χ0) is 15.6. The molecule has 0 aliphatic rings. The van der Waals surface area contributed by atoms with Crippen molar-refractivity contribution in [2.45, 2.75) is 18.4 Å². The summed E-state index contributed by atoms with van der Waals surface area (Å²) >= 11 is 5.96. The van der Waals surface area contributed by atoms with Crippen LogP contribution in [0.15, 0.2) is 41.3 Å². The molecule has 4 nitrogen and oxygen atoms in total. The molecule has 0 aromatic heterocycles. The van der Waals surface area contributed by atoms with Crippen molar-refractivity contribution in [1.82, 2.24) is 0 Å². The fourth-order valence-electron chi connectivity index (χ4n) is 1.81. The fraction of sp³-hybridized carbons (Fsp3) is 0.143. The third-order valence-corrected chi connectivity index (χ3v) is 4.62. The van der Waals surface area contributed by atoms with Gasteiger partial charge in [0, 0.05) is 0 Å². The monoisotopic (exact) mass is 329 g/mol. The van der Waals surface area contributed by atoms with Crippen molar-refractivity contribution in [1.29, 1.82) is 0 Å². The quantitative estimate of drug-likeness (QED) is 0.906. The maximum atomic E-state index is 13.9. The Morgan fingerprint density at radius 3 is 2.57 bits per heavy atom. The van der Waals surface area contributed by atoms with E-state index >= 15 is 0 Å². The zero-order valence-corrected chi connectivity index (χ0v) is 12.7. The standard InChI is InChI=1S/C14H13ClFNO3S/c1-9-3-2-4-11(15)14(9)17-21(19,20)13-6-5-10(8-18)7-12(13)16/h2-7,17-18H,8H2,1H3. The van der Waals surface area contributed by atoms with Gasteiger partial charge in [-0.3, -0.25) is 4.72 Å². The Bertz CT molecular complexity index is 758. The van der Waals surface area contributed by atoms with Crippen molar-refractivity contribution in [3.05, 3.63) is 58.4 Å². The number of hydrogen-bond acceptors (Lipinski definition) is 3. The van der Waals surface area contributed by atoms with Crippen LogP contribution < -0.4 is 4.72 Å². The molecule has 7 heteroatoms. The van der Waals surface area contributed by atoms with Gasteiger partial charge in [0.2, 0.25) is 0 Å². The highest BCUT2D eigenvalue weighted by atomic mass is 35.5. The molecule has 0 saturated heterocycles. The number of anilines is 1. The van der Waals surface area contributed by atoms with Crippen molar-refractivity contribution in [3.8, 4) is 0 Å². The number of nitrogens with one attached hydrogen (secondary N) is 1. The minimum atomic E-state index is -4.11. The highest BCUT2D eigenvalue weighted by molar-refractivity contribution is 7.92. The minimum Gasteiger partial charge on any atom is -0.392 e. The van der Waals surface area contributed by atoms with E-state index in [1.807, 2.05) is 0 Å². The lowest BCUT2D eigenvalue weighted by molar-refractivity contribution is 0.281. The van der Waals surface area contributed by atoms with Crippen LogP contribution in [-0.2, 0) is 16.6 Å². The molecule has 0 unspecified atom stereocenters. The Labute approximate surface area is 127 Å². The highest BCUT2D eigenvalue weighted by Gasteiger charge is 2.21. The molecule has 0 amide bonds. The molecule has 0 bridgehead atoms. The first kappa shape index (κ1) is 15.8. The molecule has 0 aliphatic carbocycles. The first-order valence-corrected chi connectivity index (χ1v) is 7.88. The summed E-state index contributed by atoms with van der Waals surface area (Å²) in [4.78, 5) is -0.501. The molecule has 0 spiro atoms. The molecule has 2 aromatic carbocycles. The Hall–Kier alpha value is -1.63. The average molecular weight is 330 g/mol. The lowest BCUT2D eigenvalue weighted by Gasteiger charge is -2.13. The van der Waals surface area contributed by atoms with Gasteiger partial charge < -0.3 is 5.11 Å². The van der Waals surface area contributed by atoms with Gasteiger partial charge in [-0.2, -0.15) is 0 Å². The number of halogens is 2. The van der Waals surface area contributed by atoms with Crippen molar-refractivity contribution < 1.29 is 17.9 Å². The van der Waals surface area contributed by atoms with E-state index in [1.54, 1.807) is 19.1 Å². The van der Waals surface area contributed by atoms with Crippen LogP contribution in [0.1, 0.15) is 11.1 Å². The highest BCUT2D eigenvalue weighted by Crippen LogP contribution is 2.28. The van der Waals surface area contributed by atoms with E-state index in [2.05, 4.69) is 4.72 Å². The van der Waals surface area contributed by atoms with Gasteiger partial charge in [0.05, 0.1) is 17.3 Å². The van der Waals surface area contributed by atoms with E-state index in [0.29, 0.717) is 11.1 Å². The van der Waals surface area contributed by atoms with E-state index in [-0.39, 0.29) is 17.3 Å². The Morgan fingerprint density at radius 1 is 1.29 bits per heavy atom. The maximum Gasteiger partial charge on any atom is 0.264 e. The van der Waals surface area contributed by atoms with Crippen LogP contribution in [0.25, 0.3) is 0 Å². The first-order valence-electron chi connectivity index (χ1n) is 6.02. The molecule has 2 rings (SSSR count). The Morgan fingerprint density at radius 2 is 2.00 bits per heavy atom. The Kier molecular flexibility index (Phi) is 4.51. The minimum absolute atomic E-state index is 0.213. The van der Waals surface area contributed by atoms with Crippen LogP contribution >= 0.6 is 11.6 Å². The number of aliphatic hydroxyl groups is 1. The normalized spacial score (nSPS) is 11.4. The largest absolute Gasteiger partial charge is 0.392 e. The van der Waals surface area contributed by atoms with Gasteiger partial charge in [0.1, 0.15) is 10.7 Å². The molecule has 0 saturated carbocycles. The van der Waals surface area contributed by atoms with Crippen molar-refractivity contribution in [2.24, 2.45) is 0 Å². The summed E-state index contributed by atoms with van der Waals surface area (Å²) in [6.45, 7) is 1.32. The number of benzene rings is 2. The summed E-state index contributed by atoms with van der Waals surface area (Å²) in [5.41, 5.74) is 1.13. The predicted octanol–water partition coefficient (Wildman–Crippen LogP) is 3.08. The van der Waals surface area contributed by atoms with Crippen molar-refractivity contribution >= 4 is 27.3 Å². The maximum absolute atomic E-state index is 13.9. The van der Waals surface area contributed by atoms with Gasteiger partial charge >= 0.3 is 0 Å². The van der Waals surface area contributed by atoms with E-state index in [4.69, 9.17) is 16.7 Å². The molecule has 2 aromatic rings. The summed E-state index contributed by atoms with van der Waals surface area (Å²) in [5, 5.41) is 9.14. The van der Waals surface area contributed by atoms with Gasteiger partial charge in [-0.15, -0.1) is 0 Å². The van der Waals surface area contributed by atoms with Gasteiger partial charge in [-0.25, -0.2) is 12.8 Å². The van der Waals surface area contributed by atoms with Crippen molar-refractivity contribution in [3.63, 3.8) is 0 Å². The molecule has 0 fully saturated rings. The lowest BCUT2D eigenvalue weighted by atomic mass is 10.2. The zero-order valence-electron chi connectivity index (χ0n) is 11.1. The molecular weight excluding hydrogens is 317 g/mol. The van der Waals surface area contributed by atoms with Crippen LogP contribution in [0.4, 0.5) is 10.1 Å². The second-order valence-electron chi connectivity index (χ2n) is 4.46. The number of aryl methyl sites for hydroxylation is 1. The Balaban J connectivity index is 2.44. The topological polar surface area (TPSA) is 66.4 Å². The fourth-order valence-corrected chi connectivity index (χ4v) is 3.35. The summed E-state index contributed by atoms with van der Waals surface area (Å²) in [6.07, 6.45) is 0. The van der Waals surface area contributed by atoms with Crippen LogP contribution in [0.3, 0.4) is 0 Å². The first-order chi connectivity index (χ1) is 9.85. The lowest BCUT2D eigenvalue weighted by Crippen LogP contribution is -2.16. The number of aliphatic hydroxyl groups excluding tert-OH is 1. The number of hydrogen-bond donors (Lipinski definition) is 2. The summed E-state index contributed by atoms with van der Waals surface area (Å²) in [5.74, 6) is -0.932. The average Bonchev–Trinajstić information content (AvgIpc) is 2.42. The molecule has 21 heavy (non-hydrogen) atoms. The SMILES string of the molecule is Cc1cccc(Cl)c1NS(=O)(=O)c1ccc(CO)cc1F. The van der Waals surface area contributed by atoms with Crippen LogP contribution in [-0.4, -0.2) is 13.5 Å². The molecule has 0 radical (unpaired) electrons. The number of para-hydroxylation sites is 1.